The smallest absolute Gasteiger partial charge is 0.333 e. The molecule has 110 valence electrons. The number of benzene rings is 1. The van der Waals surface area contributed by atoms with Gasteiger partial charge >= 0.3 is 5.97 Å². The fraction of sp³-hybridized carbons (Fsp3) is 0.188. The molecular weight excluding hydrogens is 270 g/mol. The van der Waals surface area contributed by atoms with Crippen LogP contribution < -0.4 is 10.5 Å². The molecule has 1 aliphatic carbocycles. The highest BCUT2D eigenvalue weighted by molar-refractivity contribution is 5.91. The molecule has 4 N–H and O–H groups in total. The summed E-state index contributed by atoms with van der Waals surface area (Å²) in [5, 5.41) is 19.2. The van der Waals surface area contributed by atoms with E-state index in [1.807, 2.05) is 6.92 Å². The van der Waals surface area contributed by atoms with E-state index in [1.165, 1.54) is 6.08 Å². The largest absolute Gasteiger partial charge is 0.504 e. The molecule has 1 aliphatic rings. The zero-order chi connectivity index (χ0) is 15.4. The maximum atomic E-state index is 11.1. The number of phenols is 1. The van der Waals surface area contributed by atoms with E-state index < -0.39 is 12.0 Å². The number of para-hydroxylation sites is 1. The highest BCUT2D eigenvalue weighted by atomic mass is 16.5. The third-order valence-electron chi connectivity index (χ3n) is 3.16. The fourth-order valence-corrected chi connectivity index (χ4v) is 2.10. The Balaban J connectivity index is 2.37. The molecular formula is C16H17NO4. The minimum absolute atomic E-state index is 0.0129. The molecule has 0 spiro atoms. The number of allylic oxidation sites excluding steroid dienone is 2. The zero-order valence-corrected chi connectivity index (χ0v) is 11.6. The molecule has 1 aromatic rings. The molecule has 1 aromatic carbocycles. The van der Waals surface area contributed by atoms with E-state index in [-0.39, 0.29) is 11.3 Å². The van der Waals surface area contributed by atoms with E-state index >= 15 is 0 Å². The second-order valence-corrected chi connectivity index (χ2v) is 4.54. The molecule has 0 aromatic heterocycles. The van der Waals surface area contributed by atoms with Gasteiger partial charge in [-0.2, -0.15) is 0 Å². The van der Waals surface area contributed by atoms with Crippen LogP contribution in [-0.2, 0) is 4.79 Å². The number of ether oxygens (including phenoxy) is 1. The van der Waals surface area contributed by atoms with Crippen LogP contribution in [-0.4, -0.2) is 28.8 Å². The van der Waals surface area contributed by atoms with Crippen LogP contribution in [0.15, 0.2) is 47.6 Å². The zero-order valence-electron chi connectivity index (χ0n) is 11.6. The Kier molecular flexibility index (Phi) is 4.45. The van der Waals surface area contributed by atoms with Crippen molar-refractivity contribution in [3.05, 3.63) is 53.1 Å². The molecule has 1 atom stereocenters. The molecule has 2 rings (SSSR count). The molecule has 0 saturated heterocycles. The minimum Gasteiger partial charge on any atom is -0.504 e. The van der Waals surface area contributed by atoms with Crippen LogP contribution in [0.1, 0.15) is 12.5 Å². The van der Waals surface area contributed by atoms with Crippen LogP contribution in [0.4, 0.5) is 0 Å². The van der Waals surface area contributed by atoms with E-state index in [4.69, 9.17) is 15.6 Å². The van der Waals surface area contributed by atoms with Gasteiger partial charge in [0.05, 0.1) is 18.2 Å². The van der Waals surface area contributed by atoms with Crippen molar-refractivity contribution in [1.82, 2.24) is 0 Å². The predicted octanol–water partition coefficient (Wildman–Crippen LogP) is 2.08. The van der Waals surface area contributed by atoms with E-state index in [0.29, 0.717) is 23.5 Å². The summed E-state index contributed by atoms with van der Waals surface area (Å²) in [5.41, 5.74) is 7.19. The van der Waals surface area contributed by atoms with Gasteiger partial charge in [0.25, 0.3) is 0 Å². The van der Waals surface area contributed by atoms with Gasteiger partial charge in [-0.05, 0) is 30.7 Å². The number of carbonyl (C=O) groups is 1. The third kappa shape index (κ3) is 3.14. The molecule has 0 saturated carbocycles. The van der Waals surface area contributed by atoms with Gasteiger partial charge in [0.15, 0.2) is 11.5 Å². The van der Waals surface area contributed by atoms with Gasteiger partial charge in [0, 0.05) is 5.56 Å². The van der Waals surface area contributed by atoms with Crippen LogP contribution >= 0.6 is 0 Å². The number of hydrogen-bond acceptors (Lipinski definition) is 4. The normalized spacial score (nSPS) is 19.4. The number of aromatic hydroxyl groups is 1. The van der Waals surface area contributed by atoms with Crippen molar-refractivity contribution in [2.75, 3.05) is 6.61 Å². The predicted molar refractivity (Wildman–Crippen MR) is 80.1 cm³/mol. The Hall–Kier alpha value is -2.53. The molecule has 0 amide bonds. The van der Waals surface area contributed by atoms with Crippen LogP contribution in [0.2, 0.25) is 0 Å². The van der Waals surface area contributed by atoms with Gasteiger partial charge in [-0.1, -0.05) is 24.3 Å². The monoisotopic (exact) mass is 287 g/mol. The molecule has 1 unspecified atom stereocenters. The SMILES string of the molecule is CCOc1cccc(C=C2C=CC=C(C(=O)O)C2N)c1O. The number of rotatable bonds is 4. The lowest BCUT2D eigenvalue weighted by atomic mass is 9.93. The quantitative estimate of drug-likeness (QED) is 0.788. The van der Waals surface area contributed by atoms with Crippen molar-refractivity contribution in [1.29, 1.82) is 0 Å². The van der Waals surface area contributed by atoms with Crippen molar-refractivity contribution < 1.29 is 19.7 Å². The van der Waals surface area contributed by atoms with Crippen molar-refractivity contribution >= 4 is 12.0 Å². The highest BCUT2D eigenvalue weighted by Gasteiger charge is 2.21. The van der Waals surface area contributed by atoms with Crippen molar-refractivity contribution in [2.45, 2.75) is 13.0 Å². The molecule has 5 nitrogen and oxygen atoms in total. The maximum Gasteiger partial charge on any atom is 0.333 e. The topological polar surface area (TPSA) is 92.8 Å². The average Bonchev–Trinajstić information content (AvgIpc) is 2.45. The number of hydrogen-bond donors (Lipinski definition) is 3. The van der Waals surface area contributed by atoms with Crippen LogP contribution in [0, 0.1) is 0 Å². The van der Waals surface area contributed by atoms with Crippen LogP contribution in [0.5, 0.6) is 11.5 Å². The second-order valence-electron chi connectivity index (χ2n) is 4.54. The number of aliphatic carboxylic acids is 1. The molecule has 0 fully saturated rings. The van der Waals surface area contributed by atoms with E-state index in [1.54, 1.807) is 36.4 Å². The first-order valence-electron chi connectivity index (χ1n) is 6.58. The first-order chi connectivity index (χ1) is 10.0. The lowest BCUT2D eigenvalue weighted by Crippen LogP contribution is -2.30. The Bertz CT molecular complexity index is 644. The number of carboxylic acids is 1. The van der Waals surface area contributed by atoms with Gasteiger partial charge in [0.1, 0.15) is 0 Å². The Morgan fingerprint density at radius 1 is 1.48 bits per heavy atom. The number of phenolic OH excluding ortho intramolecular Hbond substituents is 1. The van der Waals surface area contributed by atoms with E-state index in [9.17, 15) is 9.90 Å². The van der Waals surface area contributed by atoms with E-state index in [0.717, 1.165) is 0 Å². The molecule has 0 radical (unpaired) electrons. The Labute approximate surface area is 122 Å². The van der Waals surface area contributed by atoms with Crippen molar-refractivity contribution in [2.24, 2.45) is 5.73 Å². The lowest BCUT2D eigenvalue weighted by molar-refractivity contribution is -0.132. The summed E-state index contributed by atoms with van der Waals surface area (Å²) < 4.78 is 5.32. The number of nitrogens with two attached hydrogens (primary N) is 1. The summed E-state index contributed by atoms with van der Waals surface area (Å²) in [4.78, 5) is 11.1. The summed E-state index contributed by atoms with van der Waals surface area (Å²) in [6.45, 7) is 2.27. The fourth-order valence-electron chi connectivity index (χ4n) is 2.10. The summed E-state index contributed by atoms with van der Waals surface area (Å²) >= 11 is 0. The van der Waals surface area contributed by atoms with Gasteiger partial charge in [-0.3, -0.25) is 0 Å². The van der Waals surface area contributed by atoms with Crippen molar-refractivity contribution in [3.8, 4) is 11.5 Å². The summed E-state index contributed by atoms with van der Waals surface area (Å²) in [5.74, 6) is -0.655. The standard InChI is InChI=1S/C16H17NO4/c1-2-21-13-8-4-6-11(15(13)18)9-10-5-3-7-12(14(10)17)16(19)20/h3-9,14,18H,2,17H2,1H3,(H,19,20). The first kappa shape index (κ1) is 14.9. The first-order valence-corrected chi connectivity index (χ1v) is 6.58. The summed E-state index contributed by atoms with van der Waals surface area (Å²) in [6.07, 6.45) is 6.49. The van der Waals surface area contributed by atoms with Crippen LogP contribution in [0.3, 0.4) is 0 Å². The average molecular weight is 287 g/mol. The highest BCUT2D eigenvalue weighted by Crippen LogP contribution is 2.32. The maximum absolute atomic E-state index is 11.1. The number of carboxylic acid groups (broad SMARTS) is 1. The Morgan fingerprint density at radius 2 is 2.24 bits per heavy atom. The lowest BCUT2D eigenvalue weighted by Gasteiger charge is -2.17. The molecule has 0 heterocycles. The summed E-state index contributed by atoms with van der Waals surface area (Å²) in [6, 6.07) is 4.40. The molecule has 0 aliphatic heterocycles. The molecule has 21 heavy (non-hydrogen) atoms. The van der Waals surface area contributed by atoms with Gasteiger partial charge in [0.2, 0.25) is 0 Å². The van der Waals surface area contributed by atoms with Gasteiger partial charge < -0.3 is 20.7 Å². The van der Waals surface area contributed by atoms with Gasteiger partial charge in [-0.15, -0.1) is 0 Å². The van der Waals surface area contributed by atoms with Gasteiger partial charge in [-0.25, -0.2) is 4.79 Å². The second kappa shape index (κ2) is 6.28. The summed E-state index contributed by atoms with van der Waals surface area (Å²) in [7, 11) is 0. The van der Waals surface area contributed by atoms with Crippen LogP contribution in [0.25, 0.3) is 6.08 Å². The third-order valence-corrected chi connectivity index (χ3v) is 3.16. The van der Waals surface area contributed by atoms with E-state index in [2.05, 4.69) is 0 Å². The Morgan fingerprint density at radius 3 is 2.90 bits per heavy atom. The molecule has 5 heteroatoms. The van der Waals surface area contributed by atoms with Crippen molar-refractivity contribution in [3.63, 3.8) is 0 Å². The molecule has 0 bridgehead atoms. The minimum atomic E-state index is -1.05.